The van der Waals surface area contributed by atoms with E-state index < -0.39 is 12.1 Å². The lowest BCUT2D eigenvalue weighted by atomic mass is 9.83. The highest BCUT2D eigenvalue weighted by molar-refractivity contribution is 5.87. The van der Waals surface area contributed by atoms with Crippen LogP contribution in [-0.2, 0) is 4.79 Å². The van der Waals surface area contributed by atoms with E-state index in [9.17, 15) is 15.0 Å². The zero-order valence-corrected chi connectivity index (χ0v) is 14.5. The molecule has 0 aromatic carbocycles. The minimum atomic E-state index is -0.938. The van der Waals surface area contributed by atoms with Crippen molar-refractivity contribution in [3.05, 3.63) is 23.3 Å². The molecule has 130 valence electrons. The first-order valence-corrected chi connectivity index (χ1v) is 7.92. The van der Waals surface area contributed by atoms with Crippen LogP contribution >= 0.6 is 0 Å². The van der Waals surface area contributed by atoms with E-state index in [-0.39, 0.29) is 18.0 Å². The van der Waals surface area contributed by atoms with Crippen LogP contribution in [0.25, 0.3) is 0 Å². The van der Waals surface area contributed by atoms with Crippen LogP contribution in [0.2, 0.25) is 0 Å². The first kappa shape index (κ1) is 19.4. The summed E-state index contributed by atoms with van der Waals surface area (Å²) in [5, 5.41) is 22.5. The number of amidine groups is 1. The first-order valence-electron chi connectivity index (χ1n) is 7.92. The predicted octanol–water partition coefficient (Wildman–Crippen LogP) is 1.46. The molecule has 1 rings (SSSR count). The van der Waals surface area contributed by atoms with Crippen LogP contribution in [0, 0.1) is 5.92 Å². The molecule has 0 saturated carbocycles. The van der Waals surface area contributed by atoms with Crippen LogP contribution in [-0.4, -0.2) is 46.8 Å². The molecule has 0 aromatic heterocycles. The molecular formula is C17H29N3O3. The third-order valence-electron chi connectivity index (χ3n) is 4.34. The summed E-state index contributed by atoms with van der Waals surface area (Å²) in [7, 11) is 0. The van der Waals surface area contributed by atoms with Gasteiger partial charge in [0.1, 0.15) is 0 Å². The van der Waals surface area contributed by atoms with Crippen molar-refractivity contribution in [2.75, 3.05) is 6.54 Å². The van der Waals surface area contributed by atoms with Crippen LogP contribution in [0.3, 0.4) is 0 Å². The van der Waals surface area contributed by atoms with E-state index in [4.69, 9.17) is 5.73 Å². The largest absolute Gasteiger partial charge is 0.478 e. The number of rotatable bonds is 8. The van der Waals surface area contributed by atoms with E-state index in [1.165, 1.54) is 0 Å². The van der Waals surface area contributed by atoms with Gasteiger partial charge >= 0.3 is 5.97 Å². The van der Waals surface area contributed by atoms with Gasteiger partial charge in [0.05, 0.1) is 24.5 Å². The Morgan fingerprint density at radius 2 is 2.13 bits per heavy atom. The molecule has 1 heterocycles. The standard InChI is InChI=1S/C17H29N3O3/c1-9(2)16(11(4)21)15(18)7-13(10(3)17(22)23)6-14-8-19-12(5)20-14/h11,14-16,21H,1,6-8,18H2,2-5H3,(H,19,20)(H,22,23)/b13-10+. The van der Waals surface area contributed by atoms with E-state index in [1.54, 1.807) is 13.8 Å². The van der Waals surface area contributed by atoms with Crippen molar-refractivity contribution in [3.8, 4) is 0 Å². The molecule has 0 saturated heterocycles. The fraction of sp³-hybridized carbons (Fsp3) is 0.647. The summed E-state index contributed by atoms with van der Waals surface area (Å²) < 4.78 is 0. The van der Waals surface area contributed by atoms with Crippen molar-refractivity contribution < 1.29 is 15.0 Å². The van der Waals surface area contributed by atoms with Gasteiger partial charge in [-0.15, -0.1) is 0 Å². The van der Waals surface area contributed by atoms with Gasteiger partial charge in [0, 0.05) is 17.5 Å². The van der Waals surface area contributed by atoms with Crippen LogP contribution in [0.1, 0.15) is 40.5 Å². The Morgan fingerprint density at radius 3 is 2.52 bits per heavy atom. The van der Waals surface area contributed by atoms with Crippen molar-refractivity contribution in [1.82, 2.24) is 5.32 Å². The third kappa shape index (κ3) is 5.48. The summed E-state index contributed by atoms with van der Waals surface area (Å²) in [4.78, 5) is 15.7. The van der Waals surface area contributed by atoms with E-state index in [2.05, 4.69) is 16.9 Å². The molecule has 0 aromatic rings. The van der Waals surface area contributed by atoms with Gasteiger partial charge in [-0.25, -0.2) is 4.79 Å². The van der Waals surface area contributed by atoms with Gasteiger partial charge in [-0.1, -0.05) is 17.7 Å². The number of nitrogens with two attached hydrogens (primary N) is 1. The van der Waals surface area contributed by atoms with Gasteiger partial charge in [0.2, 0.25) is 0 Å². The zero-order chi connectivity index (χ0) is 17.7. The summed E-state index contributed by atoms with van der Waals surface area (Å²) >= 11 is 0. The average Bonchev–Trinajstić information content (AvgIpc) is 2.81. The summed E-state index contributed by atoms with van der Waals surface area (Å²) in [6.07, 6.45) is 0.372. The first-order chi connectivity index (χ1) is 10.6. The minimum absolute atomic E-state index is 0.0985. The number of nitrogens with zero attached hydrogens (tertiary/aromatic N) is 1. The second-order valence-electron chi connectivity index (χ2n) is 6.49. The van der Waals surface area contributed by atoms with Gasteiger partial charge in [-0.05, 0) is 40.5 Å². The Morgan fingerprint density at radius 1 is 1.52 bits per heavy atom. The lowest BCUT2D eigenvalue weighted by Gasteiger charge is -2.28. The second kappa shape index (κ2) is 8.26. The van der Waals surface area contributed by atoms with E-state index >= 15 is 0 Å². The number of carboxylic acid groups (broad SMARTS) is 1. The molecule has 1 aliphatic rings. The molecule has 4 atom stereocenters. The summed E-state index contributed by atoms with van der Waals surface area (Å²) in [5.74, 6) is -0.330. The molecule has 0 radical (unpaired) electrons. The monoisotopic (exact) mass is 323 g/mol. The van der Waals surface area contributed by atoms with Gasteiger partial charge < -0.3 is 21.3 Å². The number of carbonyl (C=O) groups is 1. The highest BCUT2D eigenvalue weighted by Crippen LogP contribution is 2.26. The molecule has 0 spiro atoms. The Hall–Kier alpha value is -1.66. The maximum absolute atomic E-state index is 11.4. The van der Waals surface area contributed by atoms with Crippen LogP contribution in [0.15, 0.2) is 28.3 Å². The SMILES string of the molecule is C=C(C)C(C(C)O)C(N)C/C(CC1CN=C(C)N1)=C(\C)C(=O)O. The number of hydrogen-bond donors (Lipinski definition) is 4. The number of aliphatic hydroxyl groups excluding tert-OH is 1. The normalized spacial score (nSPS) is 22.5. The molecule has 5 N–H and O–H groups in total. The summed E-state index contributed by atoms with van der Waals surface area (Å²) in [6, 6.07) is -0.276. The Kier molecular flexibility index (Phi) is 6.97. The fourth-order valence-corrected chi connectivity index (χ4v) is 3.13. The average molecular weight is 323 g/mol. The summed E-state index contributed by atoms with van der Waals surface area (Å²) in [5.41, 5.74) is 8.18. The molecule has 0 aliphatic carbocycles. The molecule has 0 fully saturated rings. The minimum Gasteiger partial charge on any atom is -0.478 e. The Labute approximate surface area is 138 Å². The van der Waals surface area contributed by atoms with Gasteiger partial charge in [-0.2, -0.15) is 0 Å². The fourth-order valence-electron chi connectivity index (χ4n) is 3.13. The quantitative estimate of drug-likeness (QED) is 0.399. The number of carboxylic acids is 1. The maximum atomic E-state index is 11.4. The number of aliphatic imine (C=N–C) groups is 1. The molecule has 0 bridgehead atoms. The van der Waals surface area contributed by atoms with Gasteiger partial charge in [0.25, 0.3) is 0 Å². The van der Waals surface area contributed by atoms with E-state index in [1.807, 2.05) is 13.8 Å². The predicted molar refractivity (Wildman–Crippen MR) is 92.4 cm³/mol. The molecule has 6 heteroatoms. The Bertz CT molecular complexity index is 523. The molecule has 6 nitrogen and oxygen atoms in total. The zero-order valence-electron chi connectivity index (χ0n) is 14.5. The highest BCUT2D eigenvalue weighted by Gasteiger charge is 2.27. The van der Waals surface area contributed by atoms with Gasteiger partial charge in [-0.3, -0.25) is 4.99 Å². The van der Waals surface area contributed by atoms with Gasteiger partial charge in [0.15, 0.2) is 0 Å². The van der Waals surface area contributed by atoms with Crippen molar-refractivity contribution >= 4 is 11.8 Å². The van der Waals surface area contributed by atoms with Crippen LogP contribution in [0.5, 0.6) is 0 Å². The highest BCUT2D eigenvalue weighted by atomic mass is 16.4. The van der Waals surface area contributed by atoms with Crippen molar-refractivity contribution in [2.45, 2.75) is 58.7 Å². The maximum Gasteiger partial charge on any atom is 0.331 e. The van der Waals surface area contributed by atoms with E-state index in [0.29, 0.717) is 25.0 Å². The van der Waals surface area contributed by atoms with Crippen LogP contribution in [0.4, 0.5) is 0 Å². The lowest BCUT2D eigenvalue weighted by Crippen LogP contribution is -2.38. The molecular weight excluding hydrogens is 294 g/mol. The van der Waals surface area contributed by atoms with E-state index in [0.717, 1.165) is 17.0 Å². The number of hydrogen-bond acceptors (Lipinski definition) is 5. The molecule has 23 heavy (non-hydrogen) atoms. The number of aliphatic carboxylic acids is 1. The van der Waals surface area contributed by atoms with Crippen molar-refractivity contribution in [2.24, 2.45) is 16.6 Å². The van der Waals surface area contributed by atoms with Crippen molar-refractivity contribution in [3.63, 3.8) is 0 Å². The number of nitrogens with one attached hydrogen (secondary N) is 1. The number of aliphatic hydroxyl groups is 1. The van der Waals surface area contributed by atoms with Crippen LogP contribution < -0.4 is 11.1 Å². The smallest absolute Gasteiger partial charge is 0.331 e. The van der Waals surface area contributed by atoms with Crippen molar-refractivity contribution in [1.29, 1.82) is 0 Å². The molecule has 0 amide bonds. The second-order valence-corrected chi connectivity index (χ2v) is 6.49. The summed E-state index contributed by atoms with van der Waals surface area (Å²) in [6.45, 7) is 11.5. The molecule has 1 aliphatic heterocycles. The topological polar surface area (TPSA) is 108 Å². The Balaban J connectivity index is 2.91. The lowest BCUT2D eigenvalue weighted by molar-refractivity contribution is -0.132. The molecule has 4 unspecified atom stereocenters. The third-order valence-corrected chi connectivity index (χ3v) is 4.34.